The maximum Gasteiger partial charge on any atom is 0.273 e. The van der Waals surface area contributed by atoms with Gasteiger partial charge in [-0.25, -0.2) is 4.98 Å². The van der Waals surface area contributed by atoms with Crippen molar-refractivity contribution in [2.24, 2.45) is 0 Å². The van der Waals surface area contributed by atoms with E-state index in [2.05, 4.69) is 30.9 Å². The van der Waals surface area contributed by atoms with Crippen molar-refractivity contribution in [3.05, 3.63) is 47.4 Å². The molecule has 1 amide bonds. The molecule has 0 saturated heterocycles. The smallest absolute Gasteiger partial charge is 0.273 e. The molecule has 26 heavy (non-hydrogen) atoms. The number of hydrogen-bond acceptors (Lipinski definition) is 8. The Hall–Kier alpha value is -3.43. The number of nitrogens with one attached hydrogen (secondary N) is 2. The predicted octanol–water partition coefficient (Wildman–Crippen LogP) is 1.57. The lowest BCUT2D eigenvalue weighted by Crippen LogP contribution is -2.27. The van der Waals surface area contributed by atoms with Gasteiger partial charge in [0.2, 0.25) is 5.89 Å². The molecule has 0 aliphatic carbocycles. The number of H-pyrrole nitrogens is 1. The highest BCUT2D eigenvalue weighted by molar-refractivity contribution is 5.92. The number of oxazole rings is 1. The van der Waals surface area contributed by atoms with E-state index in [1.807, 2.05) is 19.1 Å². The van der Waals surface area contributed by atoms with Gasteiger partial charge >= 0.3 is 0 Å². The maximum absolute atomic E-state index is 12.2. The number of aromatic nitrogens is 5. The number of nitrogens with zero attached hydrogens (tertiary/aromatic N) is 4. The molecule has 0 spiro atoms. The van der Waals surface area contributed by atoms with Crippen LogP contribution in [0.5, 0.6) is 11.5 Å². The number of amides is 1. The highest BCUT2D eigenvalue weighted by Crippen LogP contribution is 2.28. The number of methoxy groups -OCH3 is 1. The Kier molecular flexibility index (Phi) is 5.11. The van der Waals surface area contributed by atoms with Gasteiger partial charge in [0, 0.05) is 0 Å². The SMILES string of the molecule is COc1cc(C)ccc1OCc1nc(C(=O)N[C@H](C)c2nn[nH]n2)co1. The van der Waals surface area contributed by atoms with Crippen LogP contribution in [0, 0.1) is 6.92 Å². The summed E-state index contributed by atoms with van der Waals surface area (Å²) in [6, 6.07) is 5.15. The normalized spacial score (nSPS) is 11.8. The Morgan fingerprint density at radius 3 is 2.96 bits per heavy atom. The Morgan fingerprint density at radius 2 is 2.23 bits per heavy atom. The van der Waals surface area contributed by atoms with Gasteiger partial charge in [0.05, 0.1) is 13.2 Å². The van der Waals surface area contributed by atoms with Crippen LogP contribution in [0.2, 0.25) is 0 Å². The summed E-state index contributed by atoms with van der Waals surface area (Å²) in [5, 5.41) is 16.1. The summed E-state index contributed by atoms with van der Waals surface area (Å²) in [5.41, 5.74) is 1.19. The average molecular weight is 358 g/mol. The van der Waals surface area contributed by atoms with Gasteiger partial charge in [0.1, 0.15) is 6.26 Å². The predicted molar refractivity (Wildman–Crippen MR) is 88.6 cm³/mol. The first-order valence-electron chi connectivity index (χ1n) is 7.83. The average Bonchev–Trinajstić information content (AvgIpc) is 3.32. The van der Waals surface area contributed by atoms with E-state index in [4.69, 9.17) is 13.9 Å². The van der Waals surface area contributed by atoms with Crippen LogP contribution < -0.4 is 14.8 Å². The molecule has 136 valence electrons. The number of rotatable bonds is 7. The number of benzene rings is 1. The first-order chi connectivity index (χ1) is 12.6. The molecule has 0 aliphatic rings. The van der Waals surface area contributed by atoms with Crippen molar-refractivity contribution >= 4 is 5.91 Å². The van der Waals surface area contributed by atoms with E-state index in [9.17, 15) is 4.79 Å². The fourth-order valence-electron chi connectivity index (χ4n) is 2.20. The molecule has 10 heteroatoms. The van der Waals surface area contributed by atoms with Crippen LogP contribution in [0.3, 0.4) is 0 Å². The summed E-state index contributed by atoms with van der Waals surface area (Å²) < 4.78 is 16.2. The zero-order chi connectivity index (χ0) is 18.5. The van der Waals surface area contributed by atoms with Gasteiger partial charge < -0.3 is 19.2 Å². The van der Waals surface area contributed by atoms with E-state index in [0.29, 0.717) is 17.3 Å². The van der Waals surface area contributed by atoms with E-state index in [1.165, 1.54) is 6.26 Å². The van der Waals surface area contributed by atoms with Gasteiger partial charge in [0.25, 0.3) is 5.91 Å². The van der Waals surface area contributed by atoms with E-state index in [1.54, 1.807) is 20.1 Å². The highest BCUT2D eigenvalue weighted by Gasteiger charge is 2.18. The summed E-state index contributed by atoms with van der Waals surface area (Å²) in [5.74, 6) is 1.41. The second-order valence-electron chi connectivity index (χ2n) is 5.53. The molecule has 2 N–H and O–H groups in total. The van der Waals surface area contributed by atoms with Gasteiger partial charge in [-0.3, -0.25) is 4.79 Å². The minimum Gasteiger partial charge on any atom is -0.493 e. The standard InChI is InChI=1S/C16H18N6O4/c1-9-4-5-12(13(6-9)24-3)25-8-14-18-11(7-26-14)16(23)17-10(2)15-19-21-22-20-15/h4-7,10H,8H2,1-3H3,(H,17,23)(H,19,20,21,22)/t10-/m1/s1. The molecule has 0 bridgehead atoms. The van der Waals surface area contributed by atoms with Gasteiger partial charge in [0.15, 0.2) is 29.6 Å². The van der Waals surface area contributed by atoms with Crippen molar-refractivity contribution in [2.45, 2.75) is 26.5 Å². The molecule has 3 aromatic rings. The van der Waals surface area contributed by atoms with E-state index in [0.717, 1.165) is 5.56 Å². The summed E-state index contributed by atoms with van der Waals surface area (Å²) in [6.07, 6.45) is 1.27. The van der Waals surface area contributed by atoms with Crippen molar-refractivity contribution in [3.63, 3.8) is 0 Å². The summed E-state index contributed by atoms with van der Waals surface area (Å²) >= 11 is 0. The Balaban J connectivity index is 1.60. The third-order valence-corrected chi connectivity index (χ3v) is 3.55. The molecule has 2 aromatic heterocycles. The van der Waals surface area contributed by atoms with Crippen LogP contribution in [-0.2, 0) is 6.61 Å². The number of hydrogen-bond donors (Lipinski definition) is 2. The molecule has 0 fully saturated rings. The first-order valence-corrected chi connectivity index (χ1v) is 7.83. The third kappa shape index (κ3) is 3.97. The van der Waals surface area contributed by atoms with Crippen molar-refractivity contribution in [2.75, 3.05) is 7.11 Å². The fourth-order valence-corrected chi connectivity index (χ4v) is 2.20. The topological polar surface area (TPSA) is 128 Å². The van der Waals surface area contributed by atoms with Crippen LogP contribution in [-0.4, -0.2) is 38.6 Å². The van der Waals surface area contributed by atoms with Gasteiger partial charge in [-0.15, -0.1) is 10.2 Å². The van der Waals surface area contributed by atoms with Gasteiger partial charge in [-0.2, -0.15) is 5.21 Å². The van der Waals surface area contributed by atoms with Gasteiger partial charge in [-0.1, -0.05) is 11.3 Å². The highest BCUT2D eigenvalue weighted by atomic mass is 16.5. The molecule has 0 unspecified atom stereocenters. The zero-order valence-electron chi connectivity index (χ0n) is 14.5. The molecule has 0 saturated carbocycles. The molecular formula is C16H18N6O4. The summed E-state index contributed by atoms with van der Waals surface area (Å²) in [7, 11) is 1.57. The molecule has 2 heterocycles. The van der Waals surface area contributed by atoms with E-state index < -0.39 is 11.9 Å². The van der Waals surface area contributed by atoms with Crippen LogP contribution in [0.25, 0.3) is 0 Å². The van der Waals surface area contributed by atoms with E-state index in [-0.39, 0.29) is 18.2 Å². The van der Waals surface area contributed by atoms with Crippen LogP contribution in [0.4, 0.5) is 0 Å². The van der Waals surface area contributed by atoms with Crippen molar-refractivity contribution < 1.29 is 18.7 Å². The minimum atomic E-state index is -0.422. The third-order valence-electron chi connectivity index (χ3n) is 3.55. The van der Waals surface area contributed by atoms with Crippen LogP contribution >= 0.6 is 0 Å². The largest absolute Gasteiger partial charge is 0.493 e. The molecule has 0 radical (unpaired) electrons. The quantitative estimate of drug-likeness (QED) is 0.651. The Bertz CT molecular complexity index is 877. The first kappa shape index (κ1) is 17.4. The van der Waals surface area contributed by atoms with E-state index >= 15 is 0 Å². The number of tetrazole rings is 1. The number of ether oxygens (including phenoxy) is 2. The molecule has 10 nitrogen and oxygen atoms in total. The number of carbonyl (C=O) groups excluding carboxylic acids is 1. The molecule has 1 aromatic carbocycles. The summed E-state index contributed by atoms with van der Waals surface area (Å²) in [6.45, 7) is 3.75. The monoisotopic (exact) mass is 358 g/mol. The Morgan fingerprint density at radius 1 is 1.38 bits per heavy atom. The number of carbonyl (C=O) groups is 1. The van der Waals surface area contributed by atoms with Crippen LogP contribution in [0.1, 0.15) is 40.7 Å². The molecule has 3 rings (SSSR count). The molecular weight excluding hydrogens is 340 g/mol. The lowest BCUT2D eigenvalue weighted by Gasteiger charge is -2.09. The minimum absolute atomic E-state index is 0.0626. The maximum atomic E-state index is 12.2. The second-order valence-corrected chi connectivity index (χ2v) is 5.53. The van der Waals surface area contributed by atoms with Crippen molar-refractivity contribution in [1.29, 1.82) is 0 Å². The lowest BCUT2D eigenvalue weighted by molar-refractivity contribution is 0.0933. The van der Waals surface area contributed by atoms with Crippen molar-refractivity contribution in [3.8, 4) is 11.5 Å². The fraction of sp³-hybridized carbons (Fsp3) is 0.312. The lowest BCUT2D eigenvalue weighted by atomic mass is 10.2. The Labute approximate surface area is 148 Å². The number of aryl methyl sites for hydroxylation is 1. The second kappa shape index (κ2) is 7.64. The zero-order valence-corrected chi connectivity index (χ0v) is 14.5. The van der Waals surface area contributed by atoms with Crippen molar-refractivity contribution in [1.82, 2.24) is 30.9 Å². The molecule has 0 aliphatic heterocycles. The van der Waals surface area contributed by atoms with Crippen LogP contribution in [0.15, 0.2) is 28.9 Å². The summed E-state index contributed by atoms with van der Waals surface area (Å²) in [4.78, 5) is 16.3. The van der Waals surface area contributed by atoms with Gasteiger partial charge in [-0.05, 0) is 31.5 Å². The molecule has 1 atom stereocenters. The number of aromatic amines is 1.